The molecule has 13 heavy (non-hydrogen) atoms. The minimum atomic E-state index is -3.67. The Labute approximate surface area is 101 Å². The van der Waals surface area contributed by atoms with Gasteiger partial charge in [0, 0.05) is 6.08 Å². The van der Waals surface area contributed by atoms with E-state index in [4.69, 9.17) is 9.66 Å². The molecular formula is C6H13NaO5S. The third kappa shape index (κ3) is 33.1. The molecular weight excluding hydrogens is 207 g/mol. The number of rotatable bonds is 3. The van der Waals surface area contributed by atoms with Crippen LogP contribution in [-0.2, 0) is 14.9 Å². The van der Waals surface area contributed by atoms with Gasteiger partial charge < -0.3 is 6.53 Å². The fourth-order valence-electron chi connectivity index (χ4n) is 0.258. The molecule has 0 aromatic rings. The Morgan fingerprint density at radius 3 is 1.92 bits per heavy atom. The van der Waals surface area contributed by atoms with Crippen LogP contribution in [-0.4, -0.2) is 29.8 Å². The maximum Gasteiger partial charge on any atom is 1.00 e. The Morgan fingerprint density at radius 2 is 1.92 bits per heavy atom. The Bertz CT molecular complexity index is 239. The summed E-state index contributed by atoms with van der Waals surface area (Å²) in [5.74, 6) is -1.11. The van der Waals surface area contributed by atoms with E-state index in [2.05, 4.69) is 6.58 Å². The zero-order chi connectivity index (χ0) is 10.2. The summed E-state index contributed by atoms with van der Waals surface area (Å²) in [6, 6.07) is 0. The van der Waals surface area contributed by atoms with Crippen molar-refractivity contribution in [3.05, 3.63) is 12.7 Å². The van der Waals surface area contributed by atoms with Crippen molar-refractivity contribution in [1.82, 2.24) is 0 Å². The van der Waals surface area contributed by atoms with Crippen molar-refractivity contribution in [2.24, 2.45) is 0 Å². The predicted molar refractivity (Wildman–Crippen MR) is 45.7 cm³/mol. The number of carboxylic acid groups (broad SMARTS) is 1. The van der Waals surface area contributed by atoms with E-state index < -0.39 is 16.1 Å². The van der Waals surface area contributed by atoms with Crippen LogP contribution in [0.25, 0.3) is 0 Å². The molecule has 0 saturated carbocycles. The number of hydrogen-bond acceptors (Lipinski definition) is 3. The molecule has 0 aliphatic rings. The van der Waals surface area contributed by atoms with Crippen molar-refractivity contribution in [3.63, 3.8) is 0 Å². The topological polar surface area (TPSA) is 91.7 Å². The second-order valence-electron chi connectivity index (χ2n) is 1.83. The summed E-state index contributed by atoms with van der Waals surface area (Å²) in [6.07, 6.45) is 1.30. The molecule has 0 atom stereocenters. The Balaban J connectivity index is -0.0000000651. The molecule has 5 nitrogen and oxygen atoms in total. The summed E-state index contributed by atoms with van der Waals surface area (Å²) < 4.78 is 27.6. The maximum absolute atomic E-state index is 9.79. The van der Waals surface area contributed by atoms with Crippen LogP contribution in [0.1, 0.15) is 14.8 Å². The summed E-state index contributed by atoms with van der Waals surface area (Å²) in [6.45, 7) is 4.65. The van der Waals surface area contributed by atoms with Crippen molar-refractivity contribution >= 4 is 16.1 Å². The Hall–Kier alpha value is 0.120. The molecule has 0 aromatic heterocycles. The molecule has 0 heterocycles. The summed E-state index contributed by atoms with van der Waals surface area (Å²) in [5, 5.41) is 7.60. The zero-order valence-corrected chi connectivity index (χ0v) is 10.5. The van der Waals surface area contributed by atoms with E-state index in [1.165, 1.54) is 0 Å². The molecule has 0 radical (unpaired) electrons. The van der Waals surface area contributed by atoms with Crippen molar-refractivity contribution in [1.29, 1.82) is 0 Å². The first-order chi connectivity index (χ1) is 5.33. The molecule has 0 spiro atoms. The summed E-state index contributed by atoms with van der Waals surface area (Å²) in [5.41, 5.74) is 0. The summed E-state index contributed by atoms with van der Waals surface area (Å²) in [7, 11) is -3.67. The summed E-state index contributed by atoms with van der Waals surface area (Å²) >= 11 is 0. The van der Waals surface area contributed by atoms with Gasteiger partial charge in [-0.1, -0.05) is 13.5 Å². The first-order valence-electron chi connectivity index (χ1n) is 3.14. The van der Waals surface area contributed by atoms with Crippen molar-refractivity contribution < 1.29 is 53.9 Å². The van der Waals surface area contributed by atoms with Crippen LogP contribution in [0.2, 0.25) is 0 Å². The minimum absolute atomic E-state index is 0. The maximum atomic E-state index is 9.79. The van der Waals surface area contributed by atoms with E-state index >= 15 is 0 Å². The zero-order valence-electron chi connectivity index (χ0n) is 8.73. The van der Waals surface area contributed by atoms with E-state index in [0.717, 1.165) is 6.08 Å². The van der Waals surface area contributed by atoms with Gasteiger partial charge in [-0.25, -0.2) is 4.79 Å². The van der Waals surface area contributed by atoms with Crippen LogP contribution < -0.4 is 29.6 Å². The molecule has 0 bridgehead atoms. The molecule has 0 aromatic carbocycles. The number of aliphatic carboxylic acids is 1. The van der Waals surface area contributed by atoms with Crippen molar-refractivity contribution in [2.75, 3.05) is 5.75 Å². The first-order valence-corrected chi connectivity index (χ1v) is 4.75. The second-order valence-corrected chi connectivity index (χ2v) is 3.40. The third-order valence-electron chi connectivity index (χ3n) is 0.637. The second kappa shape index (κ2) is 10.2. The first kappa shape index (κ1) is 18.8. The van der Waals surface area contributed by atoms with E-state index in [1.807, 2.05) is 0 Å². The number of carboxylic acids is 1. The van der Waals surface area contributed by atoms with Gasteiger partial charge >= 0.3 is 35.5 Å². The molecule has 0 aliphatic carbocycles. The average molecular weight is 220 g/mol. The largest absolute Gasteiger partial charge is 1.00 e. The molecule has 0 saturated heterocycles. The summed E-state index contributed by atoms with van der Waals surface area (Å²) in [4.78, 5) is 9.25. The minimum Gasteiger partial charge on any atom is -1.00 e. The van der Waals surface area contributed by atoms with Gasteiger partial charge in [-0.15, -0.1) is 0 Å². The standard InChI is InChI=1S/C3H8O3S.C3H4O2.Na.H/c1-2-3-7(4,5)6;1-2-3(4)5;;/h2-3H2,1H3,(H,4,5,6);2H,1H2,(H,4,5);;/q;;+1;-1. The fourth-order valence-corrected chi connectivity index (χ4v) is 0.774. The fraction of sp³-hybridized carbons (Fsp3) is 0.500. The Morgan fingerprint density at radius 1 is 1.62 bits per heavy atom. The number of hydrogen-bond donors (Lipinski definition) is 2. The quantitative estimate of drug-likeness (QED) is 0.316. The monoisotopic (exact) mass is 220 g/mol. The van der Waals surface area contributed by atoms with Gasteiger partial charge in [-0.2, -0.15) is 8.42 Å². The van der Waals surface area contributed by atoms with Crippen LogP contribution in [0.3, 0.4) is 0 Å². The van der Waals surface area contributed by atoms with Crippen molar-refractivity contribution in [2.45, 2.75) is 13.3 Å². The van der Waals surface area contributed by atoms with Gasteiger partial charge in [0.25, 0.3) is 10.1 Å². The smallest absolute Gasteiger partial charge is 1.00 e. The molecule has 0 amide bonds. The predicted octanol–water partition coefficient (Wildman–Crippen LogP) is -2.34. The normalized spacial score (nSPS) is 8.77. The molecule has 0 aliphatic heterocycles. The van der Waals surface area contributed by atoms with Crippen LogP contribution in [0.4, 0.5) is 0 Å². The van der Waals surface area contributed by atoms with Gasteiger partial charge in [0.15, 0.2) is 0 Å². The molecule has 0 unspecified atom stereocenters. The van der Waals surface area contributed by atoms with Gasteiger partial charge in [-0.3, -0.25) is 4.55 Å². The van der Waals surface area contributed by atoms with Crippen LogP contribution >= 0.6 is 0 Å². The van der Waals surface area contributed by atoms with E-state index in [1.54, 1.807) is 6.92 Å². The van der Waals surface area contributed by atoms with E-state index in [0.29, 0.717) is 6.42 Å². The van der Waals surface area contributed by atoms with Crippen LogP contribution in [0.5, 0.6) is 0 Å². The SMILES string of the molecule is C=CC(=O)O.CCCS(=O)(=O)O.[H-].[Na+]. The van der Waals surface area contributed by atoms with Gasteiger partial charge in [-0.05, 0) is 6.42 Å². The molecule has 7 heteroatoms. The Kier molecular flexibility index (Phi) is 14.8. The average Bonchev–Trinajstić information content (AvgIpc) is 1.86. The van der Waals surface area contributed by atoms with E-state index in [-0.39, 0.29) is 36.7 Å². The van der Waals surface area contributed by atoms with E-state index in [9.17, 15) is 13.2 Å². The molecule has 0 fully saturated rings. The van der Waals surface area contributed by atoms with Crippen molar-refractivity contribution in [3.8, 4) is 0 Å². The van der Waals surface area contributed by atoms with Crippen LogP contribution in [0, 0.1) is 0 Å². The van der Waals surface area contributed by atoms with Gasteiger partial charge in [0.1, 0.15) is 0 Å². The van der Waals surface area contributed by atoms with Crippen LogP contribution in [0.15, 0.2) is 12.7 Å². The van der Waals surface area contributed by atoms with Gasteiger partial charge in [0.2, 0.25) is 0 Å². The molecule has 2 N–H and O–H groups in total. The molecule has 74 valence electrons. The molecule has 0 rings (SSSR count). The third-order valence-corrected chi connectivity index (χ3v) is 1.56. The van der Waals surface area contributed by atoms with Gasteiger partial charge in [0.05, 0.1) is 5.75 Å². The number of carbonyl (C=O) groups is 1.